The lowest BCUT2D eigenvalue weighted by Gasteiger charge is -2.40. The molecular formula is C20H37NS. The topological polar surface area (TPSA) is 26.0 Å². The van der Waals surface area contributed by atoms with Crippen molar-refractivity contribution in [3.63, 3.8) is 0 Å². The quantitative estimate of drug-likeness (QED) is 0.691. The van der Waals surface area contributed by atoms with E-state index in [4.69, 9.17) is 5.73 Å². The highest BCUT2D eigenvalue weighted by Crippen LogP contribution is 2.46. The minimum atomic E-state index is -0.659. The SMILES string of the molecule is CCC(C)C(C)C(c1ccc(S(C)(C)C)cc1)C(C)(N)CC. The fourth-order valence-electron chi connectivity index (χ4n) is 3.29. The van der Waals surface area contributed by atoms with Crippen molar-refractivity contribution >= 4 is 10.0 Å². The van der Waals surface area contributed by atoms with Gasteiger partial charge in [0, 0.05) is 11.5 Å². The normalized spacial score (nSPS) is 20.0. The Labute approximate surface area is 140 Å². The molecule has 128 valence electrons. The predicted octanol–water partition coefficient (Wildman–Crippen LogP) is 5.63. The summed E-state index contributed by atoms with van der Waals surface area (Å²) in [6, 6.07) is 9.31. The first-order valence-corrected chi connectivity index (χ1v) is 11.5. The van der Waals surface area contributed by atoms with Crippen LogP contribution in [0.1, 0.15) is 58.9 Å². The number of nitrogens with two attached hydrogens (primary N) is 1. The zero-order valence-corrected chi connectivity index (χ0v) is 16.8. The Morgan fingerprint density at radius 2 is 1.55 bits per heavy atom. The maximum absolute atomic E-state index is 6.71. The van der Waals surface area contributed by atoms with Crippen molar-refractivity contribution in [2.45, 2.75) is 63.8 Å². The monoisotopic (exact) mass is 323 g/mol. The highest BCUT2D eigenvalue weighted by molar-refractivity contribution is 8.32. The number of rotatable bonds is 7. The molecule has 1 aromatic carbocycles. The Balaban J connectivity index is 3.22. The van der Waals surface area contributed by atoms with Crippen molar-refractivity contribution in [3.05, 3.63) is 29.8 Å². The lowest BCUT2D eigenvalue weighted by Crippen LogP contribution is -2.45. The van der Waals surface area contributed by atoms with Crippen LogP contribution in [0, 0.1) is 11.8 Å². The van der Waals surface area contributed by atoms with E-state index < -0.39 is 10.0 Å². The third-order valence-electron chi connectivity index (χ3n) is 5.49. The molecule has 0 saturated carbocycles. The largest absolute Gasteiger partial charge is 0.325 e. The maximum Gasteiger partial charge on any atom is 0.0195 e. The molecule has 0 saturated heterocycles. The van der Waals surface area contributed by atoms with Gasteiger partial charge in [-0.15, -0.1) is 0 Å². The van der Waals surface area contributed by atoms with Crippen LogP contribution in [0.3, 0.4) is 0 Å². The van der Waals surface area contributed by atoms with Crippen LogP contribution < -0.4 is 5.73 Å². The van der Waals surface area contributed by atoms with Crippen LogP contribution >= 0.6 is 10.0 Å². The number of hydrogen-bond donors (Lipinski definition) is 1. The van der Waals surface area contributed by atoms with E-state index in [1.807, 2.05) is 0 Å². The molecule has 0 spiro atoms. The Morgan fingerprint density at radius 1 is 1.05 bits per heavy atom. The summed E-state index contributed by atoms with van der Waals surface area (Å²) in [5.41, 5.74) is 7.97. The van der Waals surface area contributed by atoms with Gasteiger partial charge in [-0.1, -0.05) is 46.2 Å². The average molecular weight is 324 g/mol. The molecule has 4 unspecified atom stereocenters. The highest BCUT2D eigenvalue weighted by atomic mass is 32.3. The molecule has 0 fully saturated rings. The molecule has 2 N–H and O–H groups in total. The molecule has 1 nitrogen and oxygen atoms in total. The second-order valence-corrected chi connectivity index (χ2v) is 12.1. The lowest BCUT2D eigenvalue weighted by atomic mass is 9.68. The van der Waals surface area contributed by atoms with Crippen molar-refractivity contribution in [2.75, 3.05) is 18.8 Å². The summed E-state index contributed by atoms with van der Waals surface area (Å²) in [6.07, 6.45) is 9.26. The predicted molar refractivity (Wildman–Crippen MR) is 104 cm³/mol. The number of hydrogen-bond acceptors (Lipinski definition) is 1. The Morgan fingerprint density at radius 3 is 1.91 bits per heavy atom. The van der Waals surface area contributed by atoms with E-state index in [1.165, 1.54) is 16.9 Å². The third kappa shape index (κ3) is 4.52. The molecular weight excluding hydrogens is 286 g/mol. The Kier molecular flexibility index (Phi) is 6.58. The first-order chi connectivity index (χ1) is 10.0. The minimum Gasteiger partial charge on any atom is -0.325 e. The van der Waals surface area contributed by atoms with Gasteiger partial charge in [0.05, 0.1) is 0 Å². The van der Waals surface area contributed by atoms with Crippen LogP contribution in [-0.4, -0.2) is 24.3 Å². The summed E-state index contributed by atoms with van der Waals surface area (Å²) >= 11 is 0. The molecule has 0 radical (unpaired) electrons. The molecule has 1 rings (SSSR count). The summed E-state index contributed by atoms with van der Waals surface area (Å²) in [5.74, 6) is 1.69. The molecule has 22 heavy (non-hydrogen) atoms. The summed E-state index contributed by atoms with van der Waals surface area (Å²) in [4.78, 5) is 1.47. The zero-order valence-electron chi connectivity index (χ0n) is 15.9. The van der Waals surface area contributed by atoms with Gasteiger partial charge in [0.25, 0.3) is 0 Å². The minimum absolute atomic E-state index is 0.154. The average Bonchev–Trinajstić information content (AvgIpc) is 2.45. The first kappa shape index (κ1) is 19.6. The smallest absolute Gasteiger partial charge is 0.0195 e. The summed E-state index contributed by atoms with van der Waals surface area (Å²) in [5, 5.41) is 0. The van der Waals surface area contributed by atoms with Crippen LogP contribution in [0.25, 0.3) is 0 Å². The Hall–Kier alpha value is -0.470. The van der Waals surface area contributed by atoms with Gasteiger partial charge >= 0.3 is 0 Å². The van der Waals surface area contributed by atoms with Crippen LogP contribution in [0.2, 0.25) is 0 Å². The first-order valence-electron chi connectivity index (χ1n) is 8.61. The van der Waals surface area contributed by atoms with Gasteiger partial charge in [-0.2, -0.15) is 0 Å². The fraction of sp³-hybridized carbons (Fsp3) is 0.700. The molecule has 2 heteroatoms. The van der Waals surface area contributed by atoms with E-state index in [2.05, 4.69) is 77.7 Å². The van der Waals surface area contributed by atoms with E-state index in [0.29, 0.717) is 17.8 Å². The molecule has 0 heterocycles. The van der Waals surface area contributed by atoms with Crippen molar-refractivity contribution in [1.29, 1.82) is 0 Å². The van der Waals surface area contributed by atoms with Gasteiger partial charge in [-0.3, -0.25) is 0 Å². The second-order valence-electron chi connectivity index (χ2n) is 7.99. The summed E-state index contributed by atoms with van der Waals surface area (Å²) in [6.45, 7) is 11.5. The molecule has 1 aromatic rings. The van der Waals surface area contributed by atoms with Gasteiger partial charge in [0.1, 0.15) is 0 Å². The molecule has 0 aliphatic heterocycles. The van der Waals surface area contributed by atoms with Crippen molar-refractivity contribution in [3.8, 4) is 0 Å². The van der Waals surface area contributed by atoms with Crippen molar-refractivity contribution in [2.24, 2.45) is 17.6 Å². The van der Waals surface area contributed by atoms with Crippen LogP contribution in [-0.2, 0) is 0 Å². The zero-order chi connectivity index (χ0) is 17.1. The number of benzene rings is 1. The van der Waals surface area contributed by atoms with E-state index >= 15 is 0 Å². The molecule has 0 aromatic heterocycles. The molecule has 4 atom stereocenters. The highest BCUT2D eigenvalue weighted by Gasteiger charge is 2.35. The molecule has 0 amide bonds. The van der Waals surface area contributed by atoms with Gasteiger partial charge < -0.3 is 5.73 Å². The second kappa shape index (κ2) is 7.40. The van der Waals surface area contributed by atoms with Crippen molar-refractivity contribution < 1.29 is 0 Å². The van der Waals surface area contributed by atoms with E-state index in [-0.39, 0.29) is 5.54 Å². The van der Waals surface area contributed by atoms with Gasteiger partial charge in [0.15, 0.2) is 0 Å². The summed E-state index contributed by atoms with van der Waals surface area (Å²) in [7, 11) is -0.659. The van der Waals surface area contributed by atoms with Crippen LogP contribution in [0.15, 0.2) is 29.2 Å². The third-order valence-corrected chi connectivity index (χ3v) is 7.17. The van der Waals surface area contributed by atoms with E-state index in [9.17, 15) is 0 Å². The standard InChI is InChI=1S/C20H37NS/c1-9-15(3)16(4)19(20(5,21)10-2)17-11-13-18(14-12-17)22(6,7)8/h11-16,19H,9-10,21H2,1-8H3. The van der Waals surface area contributed by atoms with Gasteiger partial charge in [0.2, 0.25) is 0 Å². The van der Waals surface area contributed by atoms with Gasteiger partial charge in [-0.05, 0) is 66.5 Å². The van der Waals surface area contributed by atoms with Crippen molar-refractivity contribution in [1.82, 2.24) is 0 Å². The van der Waals surface area contributed by atoms with Gasteiger partial charge in [-0.25, -0.2) is 10.0 Å². The maximum atomic E-state index is 6.71. The van der Waals surface area contributed by atoms with E-state index in [0.717, 1.165) is 6.42 Å². The Bertz CT molecular complexity index is 456. The molecule has 0 aliphatic carbocycles. The van der Waals surface area contributed by atoms with Crippen LogP contribution in [0.4, 0.5) is 0 Å². The summed E-state index contributed by atoms with van der Waals surface area (Å²) < 4.78 is 0. The van der Waals surface area contributed by atoms with E-state index in [1.54, 1.807) is 0 Å². The molecule has 0 aliphatic rings. The molecule has 0 bridgehead atoms. The fourth-order valence-corrected chi connectivity index (χ4v) is 4.24. The lowest BCUT2D eigenvalue weighted by molar-refractivity contribution is 0.223. The van der Waals surface area contributed by atoms with Crippen LogP contribution in [0.5, 0.6) is 0 Å².